The lowest BCUT2D eigenvalue weighted by molar-refractivity contribution is -0.122. The van der Waals surface area contributed by atoms with Gasteiger partial charge in [-0.15, -0.1) is 0 Å². The van der Waals surface area contributed by atoms with E-state index in [0.29, 0.717) is 17.4 Å². The fourth-order valence-electron chi connectivity index (χ4n) is 2.46. The Bertz CT molecular complexity index is 673. The largest absolute Gasteiger partial charge is 0.460 e. The predicted octanol–water partition coefficient (Wildman–Crippen LogP) is 3.23. The molecule has 1 heterocycles. The van der Waals surface area contributed by atoms with Gasteiger partial charge in [0.25, 0.3) is 0 Å². The number of nitrogens with one attached hydrogen (secondary N) is 1. The molecule has 2 aromatic rings. The lowest BCUT2D eigenvalue weighted by Gasteiger charge is -2.01. The minimum Gasteiger partial charge on any atom is -0.460 e. The van der Waals surface area contributed by atoms with Crippen LogP contribution < -0.4 is 5.43 Å². The number of hydrogen-bond donors (Lipinski definition) is 1. The van der Waals surface area contributed by atoms with Crippen molar-refractivity contribution in [2.75, 3.05) is 0 Å². The van der Waals surface area contributed by atoms with E-state index >= 15 is 0 Å². The number of hydrogen-bond acceptors (Lipinski definition) is 3. The van der Waals surface area contributed by atoms with Gasteiger partial charge in [-0.1, -0.05) is 30.3 Å². The van der Waals surface area contributed by atoms with E-state index in [1.54, 1.807) is 0 Å². The van der Waals surface area contributed by atoms with Crippen molar-refractivity contribution in [3.63, 3.8) is 0 Å². The second-order valence-electron chi connectivity index (χ2n) is 5.44. The van der Waals surface area contributed by atoms with Gasteiger partial charge in [-0.2, -0.15) is 5.10 Å². The number of benzene rings is 1. The van der Waals surface area contributed by atoms with Crippen molar-refractivity contribution < 1.29 is 9.21 Å². The predicted molar refractivity (Wildman–Crippen MR) is 81.1 cm³/mol. The van der Waals surface area contributed by atoms with Gasteiger partial charge in [0, 0.05) is 5.92 Å². The highest BCUT2D eigenvalue weighted by atomic mass is 16.3. The number of hydrazone groups is 1. The molecule has 0 aliphatic heterocycles. The zero-order valence-electron chi connectivity index (χ0n) is 12.2. The fraction of sp³-hybridized carbons (Fsp3) is 0.294. The zero-order chi connectivity index (χ0) is 14.8. The van der Waals surface area contributed by atoms with Crippen LogP contribution in [0.25, 0.3) is 0 Å². The molecule has 1 saturated carbocycles. The standard InChI is InChI=1S/C17H18N2O2/c1-11-8-9-16(21-11)12(2)18-19-17(20)15-10-14(15)13-6-4-3-5-7-13/h3-9,14-15H,10H2,1-2H3,(H,19,20)/b18-12-/t14-,15+/m1/s1. The van der Waals surface area contributed by atoms with E-state index in [9.17, 15) is 4.79 Å². The van der Waals surface area contributed by atoms with E-state index < -0.39 is 0 Å². The van der Waals surface area contributed by atoms with Gasteiger partial charge in [-0.05, 0) is 43.9 Å². The van der Waals surface area contributed by atoms with E-state index in [2.05, 4.69) is 22.7 Å². The lowest BCUT2D eigenvalue weighted by Crippen LogP contribution is -2.21. The molecule has 0 spiro atoms. The normalized spacial score (nSPS) is 21.1. The van der Waals surface area contributed by atoms with Crippen molar-refractivity contribution in [1.29, 1.82) is 0 Å². The van der Waals surface area contributed by atoms with Gasteiger partial charge in [0.15, 0.2) is 0 Å². The molecule has 1 aromatic carbocycles. The zero-order valence-corrected chi connectivity index (χ0v) is 12.2. The van der Waals surface area contributed by atoms with Crippen molar-refractivity contribution in [2.45, 2.75) is 26.2 Å². The summed E-state index contributed by atoms with van der Waals surface area (Å²) in [6.07, 6.45) is 0.893. The lowest BCUT2D eigenvalue weighted by atomic mass is 10.1. The minimum atomic E-state index is -0.0218. The first kappa shape index (κ1) is 13.6. The van der Waals surface area contributed by atoms with Gasteiger partial charge in [-0.25, -0.2) is 5.43 Å². The SMILES string of the molecule is C/C(=N/NC(=O)[C@H]1C[C@@H]1c1ccccc1)c1ccc(C)o1. The molecule has 2 atom stereocenters. The van der Waals surface area contributed by atoms with Crippen molar-refractivity contribution >= 4 is 11.6 Å². The maximum atomic E-state index is 12.1. The Morgan fingerprint density at radius 3 is 2.67 bits per heavy atom. The topological polar surface area (TPSA) is 54.6 Å². The highest BCUT2D eigenvalue weighted by molar-refractivity contribution is 5.97. The Labute approximate surface area is 123 Å². The first-order valence-corrected chi connectivity index (χ1v) is 7.11. The van der Waals surface area contributed by atoms with Crippen LogP contribution in [0.2, 0.25) is 0 Å². The van der Waals surface area contributed by atoms with E-state index in [-0.39, 0.29) is 11.8 Å². The van der Waals surface area contributed by atoms with Crippen LogP contribution >= 0.6 is 0 Å². The average molecular weight is 282 g/mol. The summed E-state index contributed by atoms with van der Waals surface area (Å²) < 4.78 is 5.46. The van der Waals surface area contributed by atoms with E-state index in [0.717, 1.165) is 12.2 Å². The molecule has 21 heavy (non-hydrogen) atoms. The van der Waals surface area contributed by atoms with E-state index in [1.807, 2.05) is 44.2 Å². The van der Waals surface area contributed by atoms with Crippen molar-refractivity contribution in [3.05, 3.63) is 59.5 Å². The highest BCUT2D eigenvalue weighted by Crippen LogP contribution is 2.47. The smallest absolute Gasteiger partial charge is 0.243 e. The van der Waals surface area contributed by atoms with Gasteiger partial charge in [0.2, 0.25) is 5.91 Å². The quantitative estimate of drug-likeness (QED) is 0.691. The molecule has 0 unspecified atom stereocenters. The maximum absolute atomic E-state index is 12.1. The van der Waals surface area contributed by atoms with Crippen LogP contribution in [-0.4, -0.2) is 11.6 Å². The summed E-state index contributed by atoms with van der Waals surface area (Å²) in [5.74, 6) is 1.85. The summed E-state index contributed by atoms with van der Waals surface area (Å²) in [6, 6.07) is 13.9. The van der Waals surface area contributed by atoms with Crippen LogP contribution in [0.5, 0.6) is 0 Å². The minimum absolute atomic E-state index is 0.0218. The summed E-state index contributed by atoms with van der Waals surface area (Å²) in [6.45, 7) is 3.70. The molecule has 1 N–H and O–H groups in total. The number of rotatable bonds is 4. The monoisotopic (exact) mass is 282 g/mol. The Kier molecular flexibility index (Phi) is 3.60. The van der Waals surface area contributed by atoms with Gasteiger partial charge in [0.05, 0.1) is 0 Å². The average Bonchev–Trinajstić information content (AvgIpc) is 3.20. The molecule has 108 valence electrons. The van der Waals surface area contributed by atoms with Crippen LogP contribution in [0, 0.1) is 12.8 Å². The molecule has 4 nitrogen and oxygen atoms in total. The third kappa shape index (κ3) is 3.05. The number of amides is 1. The molecule has 1 aromatic heterocycles. The number of furan rings is 1. The Morgan fingerprint density at radius 2 is 2.00 bits per heavy atom. The second-order valence-corrected chi connectivity index (χ2v) is 5.44. The van der Waals surface area contributed by atoms with Crippen molar-refractivity contribution in [2.24, 2.45) is 11.0 Å². The molecule has 4 heteroatoms. The molecule has 1 aliphatic carbocycles. The number of carbonyl (C=O) groups is 1. The van der Waals surface area contributed by atoms with Crippen LogP contribution in [-0.2, 0) is 4.79 Å². The molecule has 1 amide bonds. The summed E-state index contributed by atoms with van der Waals surface area (Å²) in [4.78, 5) is 12.1. The summed E-state index contributed by atoms with van der Waals surface area (Å²) >= 11 is 0. The second kappa shape index (κ2) is 5.56. The van der Waals surface area contributed by atoms with E-state index in [1.165, 1.54) is 5.56 Å². The van der Waals surface area contributed by atoms with Gasteiger partial charge in [-0.3, -0.25) is 4.79 Å². The molecular formula is C17H18N2O2. The molecule has 3 rings (SSSR count). The van der Waals surface area contributed by atoms with Crippen LogP contribution in [0.4, 0.5) is 0 Å². The maximum Gasteiger partial charge on any atom is 0.243 e. The molecule has 1 fully saturated rings. The van der Waals surface area contributed by atoms with Gasteiger partial charge >= 0.3 is 0 Å². The molecule has 0 radical (unpaired) electrons. The van der Waals surface area contributed by atoms with Crippen LogP contribution in [0.15, 0.2) is 52.0 Å². The fourth-order valence-corrected chi connectivity index (χ4v) is 2.46. The highest BCUT2D eigenvalue weighted by Gasteiger charge is 2.43. The van der Waals surface area contributed by atoms with Crippen molar-refractivity contribution in [3.8, 4) is 0 Å². The number of nitrogens with zero attached hydrogens (tertiary/aromatic N) is 1. The van der Waals surface area contributed by atoms with Crippen LogP contribution in [0.3, 0.4) is 0 Å². The molecule has 0 saturated heterocycles. The molecule has 1 aliphatic rings. The molecular weight excluding hydrogens is 264 g/mol. The van der Waals surface area contributed by atoms with Gasteiger partial charge < -0.3 is 4.42 Å². The third-order valence-corrected chi connectivity index (χ3v) is 3.79. The molecule has 0 bridgehead atoms. The Morgan fingerprint density at radius 1 is 1.24 bits per heavy atom. The Hall–Kier alpha value is -2.36. The number of aryl methyl sites for hydroxylation is 1. The summed E-state index contributed by atoms with van der Waals surface area (Å²) in [7, 11) is 0. The Balaban J connectivity index is 1.58. The van der Waals surface area contributed by atoms with Crippen molar-refractivity contribution in [1.82, 2.24) is 5.43 Å². The first-order valence-electron chi connectivity index (χ1n) is 7.11. The van der Waals surface area contributed by atoms with E-state index in [4.69, 9.17) is 4.42 Å². The number of carbonyl (C=O) groups excluding carboxylic acids is 1. The first-order chi connectivity index (χ1) is 10.1. The van der Waals surface area contributed by atoms with Gasteiger partial charge in [0.1, 0.15) is 17.2 Å². The summed E-state index contributed by atoms with van der Waals surface area (Å²) in [5, 5.41) is 4.12. The van der Waals surface area contributed by atoms with Crippen LogP contribution in [0.1, 0.15) is 36.3 Å². The third-order valence-electron chi connectivity index (χ3n) is 3.79. The summed E-state index contributed by atoms with van der Waals surface area (Å²) in [5.41, 5.74) is 4.54.